The standard InChI is InChI=1S/C19H17N5OS/c1-26(25)16-8-6-15(7-9-16)17-5-3-11-24-18(17)22-19(23-24)21-13-14-4-2-10-20-12-14/h2-12H,13H2,1H3,(H,21,23). The van der Waals surface area contributed by atoms with E-state index in [2.05, 4.69) is 20.4 Å². The molecule has 4 rings (SSSR count). The lowest BCUT2D eigenvalue weighted by molar-refractivity contribution is 0.687. The van der Waals surface area contributed by atoms with E-state index in [1.165, 1.54) is 0 Å². The molecule has 0 saturated carbocycles. The summed E-state index contributed by atoms with van der Waals surface area (Å²) in [6, 6.07) is 15.5. The Hall–Kier alpha value is -3.06. The van der Waals surface area contributed by atoms with Crippen LogP contribution in [0.4, 0.5) is 5.95 Å². The van der Waals surface area contributed by atoms with Crippen LogP contribution in [0.2, 0.25) is 0 Å². The predicted molar refractivity (Wildman–Crippen MR) is 102 cm³/mol. The maximum atomic E-state index is 11.6. The van der Waals surface area contributed by atoms with Crippen LogP contribution in [-0.4, -0.2) is 30.0 Å². The molecule has 0 bridgehead atoms. The number of benzene rings is 1. The van der Waals surface area contributed by atoms with E-state index >= 15 is 0 Å². The first-order valence-corrected chi connectivity index (χ1v) is 9.68. The molecule has 7 heteroatoms. The highest BCUT2D eigenvalue weighted by atomic mass is 32.2. The highest BCUT2D eigenvalue weighted by Crippen LogP contribution is 2.25. The van der Waals surface area contributed by atoms with Gasteiger partial charge in [-0.25, -0.2) is 4.52 Å². The summed E-state index contributed by atoms with van der Waals surface area (Å²) in [7, 11) is -0.986. The maximum absolute atomic E-state index is 11.6. The van der Waals surface area contributed by atoms with Crippen LogP contribution >= 0.6 is 0 Å². The molecule has 3 aromatic heterocycles. The van der Waals surface area contributed by atoms with Gasteiger partial charge in [0.15, 0.2) is 5.65 Å². The van der Waals surface area contributed by atoms with E-state index in [1.54, 1.807) is 17.0 Å². The van der Waals surface area contributed by atoms with Gasteiger partial charge in [-0.05, 0) is 41.5 Å². The molecule has 4 aromatic rings. The van der Waals surface area contributed by atoms with E-state index in [1.807, 2.05) is 60.9 Å². The number of anilines is 1. The number of nitrogens with zero attached hydrogens (tertiary/aromatic N) is 4. The zero-order valence-electron chi connectivity index (χ0n) is 14.2. The highest BCUT2D eigenvalue weighted by Gasteiger charge is 2.10. The molecule has 1 unspecified atom stereocenters. The van der Waals surface area contributed by atoms with Gasteiger partial charge in [-0.3, -0.25) is 9.19 Å². The molecule has 26 heavy (non-hydrogen) atoms. The molecule has 0 fully saturated rings. The molecule has 0 aliphatic rings. The number of hydrogen-bond acceptors (Lipinski definition) is 5. The molecule has 0 spiro atoms. The van der Waals surface area contributed by atoms with Crippen LogP contribution in [0.5, 0.6) is 0 Å². The van der Waals surface area contributed by atoms with Crippen molar-refractivity contribution in [3.8, 4) is 11.1 Å². The Bertz CT molecular complexity index is 1060. The van der Waals surface area contributed by atoms with Crippen molar-refractivity contribution in [1.29, 1.82) is 0 Å². The summed E-state index contributed by atoms with van der Waals surface area (Å²) in [6.45, 7) is 0.608. The molecule has 0 aliphatic heterocycles. The van der Waals surface area contributed by atoms with Gasteiger partial charge in [-0.15, -0.1) is 5.10 Å². The van der Waals surface area contributed by atoms with E-state index in [0.717, 1.165) is 27.2 Å². The second-order valence-electron chi connectivity index (χ2n) is 5.82. The number of nitrogens with one attached hydrogen (secondary N) is 1. The molecule has 130 valence electrons. The normalized spacial score (nSPS) is 12.2. The molecular formula is C19H17N5OS. The minimum Gasteiger partial charge on any atom is -0.349 e. The van der Waals surface area contributed by atoms with Gasteiger partial charge >= 0.3 is 0 Å². The topological polar surface area (TPSA) is 72.2 Å². The third-order valence-corrected chi connectivity index (χ3v) is 4.97. The molecule has 1 N–H and O–H groups in total. The van der Waals surface area contributed by atoms with Gasteiger partial charge in [0.05, 0.1) is 0 Å². The van der Waals surface area contributed by atoms with Gasteiger partial charge in [-0.1, -0.05) is 18.2 Å². The lowest BCUT2D eigenvalue weighted by Crippen LogP contribution is -2.01. The first kappa shape index (κ1) is 16.4. The second kappa shape index (κ2) is 7.05. The van der Waals surface area contributed by atoms with Crippen molar-refractivity contribution in [1.82, 2.24) is 19.6 Å². The summed E-state index contributed by atoms with van der Waals surface area (Å²) in [5.41, 5.74) is 3.82. The van der Waals surface area contributed by atoms with Crippen molar-refractivity contribution in [2.45, 2.75) is 11.4 Å². The van der Waals surface area contributed by atoms with Crippen LogP contribution < -0.4 is 5.32 Å². The Morgan fingerprint density at radius 1 is 1.12 bits per heavy atom. The molecule has 0 saturated heterocycles. The van der Waals surface area contributed by atoms with Crippen molar-refractivity contribution in [3.05, 3.63) is 72.7 Å². The lowest BCUT2D eigenvalue weighted by Gasteiger charge is -2.04. The summed E-state index contributed by atoms with van der Waals surface area (Å²) < 4.78 is 13.3. The first-order chi connectivity index (χ1) is 12.7. The fraction of sp³-hybridized carbons (Fsp3) is 0.105. The van der Waals surface area contributed by atoms with Gasteiger partial charge in [-0.2, -0.15) is 4.98 Å². The average molecular weight is 363 g/mol. The van der Waals surface area contributed by atoms with E-state index in [9.17, 15) is 4.21 Å². The zero-order valence-corrected chi connectivity index (χ0v) is 15.0. The van der Waals surface area contributed by atoms with Gasteiger partial charge in [0, 0.05) is 52.6 Å². The molecule has 0 amide bonds. The predicted octanol–water partition coefficient (Wildman–Crippen LogP) is 3.14. The molecule has 0 radical (unpaired) electrons. The Morgan fingerprint density at radius 3 is 2.69 bits per heavy atom. The van der Waals surface area contributed by atoms with Gasteiger partial charge in [0.25, 0.3) is 0 Å². The number of hydrogen-bond donors (Lipinski definition) is 1. The molecule has 3 heterocycles. The van der Waals surface area contributed by atoms with Crippen molar-refractivity contribution < 1.29 is 4.21 Å². The minimum absolute atomic E-state index is 0.563. The van der Waals surface area contributed by atoms with Gasteiger partial charge < -0.3 is 5.32 Å². The quantitative estimate of drug-likeness (QED) is 0.590. The highest BCUT2D eigenvalue weighted by molar-refractivity contribution is 7.84. The SMILES string of the molecule is CS(=O)c1ccc(-c2cccn3nc(NCc4cccnc4)nc23)cc1. The second-order valence-corrected chi connectivity index (χ2v) is 7.20. The van der Waals surface area contributed by atoms with Gasteiger partial charge in [0.2, 0.25) is 5.95 Å². The smallest absolute Gasteiger partial charge is 0.243 e. The van der Waals surface area contributed by atoms with E-state index in [0.29, 0.717) is 12.5 Å². The minimum atomic E-state index is -0.986. The monoisotopic (exact) mass is 363 g/mol. The van der Waals surface area contributed by atoms with E-state index in [4.69, 9.17) is 0 Å². The summed E-state index contributed by atoms with van der Waals surface area (Å²) in [4.78, 5) is 9.53. The van der Waals surface area contributed by atoms with E-state index in [-0.39, 0.29) is 0 Å². The first-order valence-electron chi connectivity index (χ1n) is 8.13. The van der Waals surface area contributed by atoms with E-state index < -0.39 is 10.8 Å². The third-order valence-electron chi connectivity index (χ3n) is 4.03. The number of rotatable bonds is 5. The summed E-state index contributed by atoms with van der Waals surface area (Å²) in [6.07, 6.45) is 7.11. The van der Waals surface area contributed by atoms with Gasteiger partial charge in [0.1, 0.15) is 0 Å². The molecule has 0 aliphatic carbocycles. The fourth-order valence-corrected chi connectivity index (χ4v) is 3.24. The van der Waals surface area contributed by atoms with Crippen molar-refractivity contribution in [2.75, 3.05) is 11.6 Å². The molecule has 1 aromatic carbocycles. The third kappa shape index (κ3) is 3.34. The number of aromatic nitrogens is 4. The lowest BCUT2D eigenvalue weighted by atomic mass is 10.1. The molecule has 6 nitrogen and oxygen atoms in total. The summed E-state index contributed by atoms with van der Waals surface area (Å²) in [5.74, 6) is 0.563. The van der Waals surface area contributed by atoms with Crippen LogP contribution in [-0.2, 0) is 17.3 Å². The summed E-state index contributed by atoms with van der Waals surface area (Å²) in [5, 5.41) is 7.71. The van der Waals surface area contributed by atoms with Crippen molar-refractivity contribution in [2.24, 2.45) is 0 Å². The molecule has 1 atom stereocenters. The summed E-state index contributed by atoms with van der Waals surface area (Å²) >= 11 is 0. The van der Waals surface area contributed by atoms with Crippen LogP contribution in [0, 0.1) is 0 Å². The zero-order chi connectivity index (χ0) is 17.9. The Labute approximate surface area is 153 Å². The Balaban J connectivity index is 1.64. The number of fused-ring (bicyclic) bond motifs is 1. The van der Waals surface area contributed by atoms with Crippen molar-refractivity contribution >= 4 is 22.4 Å². The maximum Gasteiger partial charge on any atom is 0.243 e. The fourth-order valence-electron chi connectivity index (χ4n) is 2.72. The van der Waals surface area contributed by atoms with Crippen LogP contribution in [0.25, 0.3) is 16.8 Å². The average Bonchev–Trinajstić information content (AvgIpc) is 3.10. The Morgan fingerprint density at radius 2 is 1.96 bits per heavy atom. The number of pyridine rings is 2. The van der Waals surface area contributed by atoms with Crippen LogP contribution in [0.1, 0.15) is 5.56 Å². The Kier molecular flexibility index (Phi) is 4.45. The van der Waals surface area contributed by atoms with Crippen molar-refractivity contribution in [3.63, 3.8) is 0 Å². The molecular weight excluding hydrogens is 346 g/mol. The largest absolute Gasteiger partial charge is 0.349 e. The van der Waals surface area contributed by atoms with Crippen LogP contribution in [0.15, 0.2) is 72.0 Å². The van der Waals surface area contributed by atoms with Crippen LogP contribution in [0.3, 0.4) is 0 Å².